The van der Waals surface area contributed by atoms with Crippen molar-refractivity contribution in [3.8, 4) is 0 Å². The second kappa shape index (κ2) is 8.43. The fourth-order valence-corrected chi connectivity index (χ4v) is 2.13. The topological polar surface area (TPSA) is 17.1 Å². The third-order valence-corrected chi connectivity index (χ3v) is 3.41. The lowest BCUT2D eigenvalue weighted by atomic mass is 10.8. The predicted octanol–water partition coefficient (Wildman–Crippen LogP) is 2.45. The molecular formula is C7H12OS3. The van der Waals surface area contributed by atoms with E-state index in [4.69, 9.17) is 0 Å². The third kappa shape index (κ3) is 8.23. The Morgan fingerprint density at radius 2 is 2.27 bits per heavy atom. The van der Waals surface area contributed by atoms with Crippen molar-refractivity contribution in [2.45, 2.75) is 0 Å². The normalized spacial score (nSPS) is 13.5. The average Bonchev–Trinajstić information content (AvgIpc) is 1.99. The van der Waals surface area contributed by atoms with Crippen LogP contribution in [-0.4, -0.2) is 22.0 Å². The zero-order valence-corrected chi connectivity index (χ0v) is 8.94. The summed E-state index contributed by atoms with van der Waals surface area (Å²) in [6, 6.07) is 0. The van der Waals surface area contributed by atoms with Crippen molar-refractivity contribution in [1.29, 1.82) is 0 Å². The largest absolute Gasteiger partial charge is 0.259 e. The molecule has 0 radical (unpaired) electrons. The lowest BCUT2D eigenvalue weighted by Gasteiger charge is -1.90. The maximum atomic E-state index is 11.0. The van der Waals surface area contributed by atoms with E-state index < -0.39 is 10.8 Å². The maximum Gasteiger partial charge on any atom is 0.0426 e. The minimum absolute atomic E-state index is 0.592. The van der Waals surface area contributed by atoms with Crippen molar-refractivity contribution in [3.05, 3.63) is 24.1 Å². The molecule has 0 N–H and O–H groups in total. The molecule has 4 heteroatoms. The highest BCUT2D eigenvalue weighted by Gasteiger charge is 1.90. The van der Waals surface area contributed by atoms with Crippen LogP contribution in [0.1, 0.15) is 0 Å². The second-order valence-corrected chi connectivity index (χ2v) is 5.62. The van der Waals surface area contributed by atoms with Crippen molar-refractivity contribution >= 4 is 32.4 Å². The highest BCUT2D eigenvalue weighted by molar-refractivity contribution is 8.77. The third-order valence-electron chi connectivity index (χ3n) is 0.834. The molecule has 0 fully saturated rings. The summed E-state index contributed by atoms with van der Waals surface area (Å²) in [6.07, 6.45) is 5.63. The Labute approximate surface area is 78.6 Å². The van der Waals surface area contributed by atoms with E-state index in [0.717, 1.165) is 0 Å². The SMILES string of the molecule is C=CC[S@@](=O)C/C=C\SSC. The quantitative estimate of drug-likeness (QED) is 0.493. The monoisotopic (exact) mass is 208 g/mol. The molecule has 0 aliphatic rings. The first kappa shape index (κ1) is 11.3. The van der Waals surface area contributed by atoms with Crippen molar-refractivity contribution in [2.24, 2.45) is 0 Å². The van der Waals surface area contributed by atoms with Gasteiger partial charge in [0.1, 0.15) is 0 Å². The van der Waals surface area contributed by atoms with Gasteiger partial charge in [0.25, 0.3) is 0 Å². The first-order valence-corrected chi connectivity index (χ1v) is 7.22. The molecule has 11 heavy (non-hydrogen) atoms. The molecule has 0 aliphatic carbocycles. The molecule has 0 saturated heterocycles. The van der Waals surface area contributed by atoms with Crippen LogP contribution in [0, 0.1) is 0 Å². The van der Waals surface area contributed by atoms with Gasteiger partial charge in [0.2, 0.25) is 0 Å². The van der Waals surface area contributed by atoms with E-state index in [9.17, 15) is 4.21 Å². The van der Waals surface area contributed by atoms with Gasteiger partial charge in [-0.05, 0) is 11.7 Å². The molecule has 0 amide bonds. The summed E-state index contributed by atoms with van der Waals surface area (Å²) in [5.41, 5.74) is 0. The molecule has 0 heterocycles. The highest BCUT2D eigenvalue weighted by Crippen LogP contribution is 2.17. The molecule has 0 bridgehead atoms. The summed E-state index contributed by atoms with van der Waals surface area (Å²) < 4.78 is 11.0. The van der Waals surface area contributed by atoms with Crippen molar-refractivity contribution in [3.63, 3.8) is 0 Å². The lowest BCUT2D eigenvalue weighted by Crippen LogP contribution is -1.96. The summed E-state index contributed by atoms with van der Waals surface area (Å²) in [5.74, 6) is 1.23. The lowest BCUT2D eigenvalue weighted by molar-refractivity contribution is 0.687. The van der Waals surface area contributed by atoms with Crippen LogP contribution in [0.15, 0.2) is 24.1 Å². The smallest absolute Gasteiger partial charge is 0.0426 e. The molecule has 1 nitrogen and oxygen atoms in total. The molecule has 0 spiro atoms. The van der Waals surface area contributed by atoms with Crippen LogP contribution in [0.5, 0.6) is 0 Å². The van der Waals surface area contributed by atoms with Gasteiger partial charge in [0, 0.05) is 22.3 Å². The van der Waals surface area contributed by atoms with Crippen LogP contribution in [-0.2, 0) is 10.8 Å². The van der Waals surface area contributed by atoms with Gasteiger partial charge in [-0.1, -0.05) is 33.7 Å². The average molecular weight is 208 g/mol. The van der Waals surface area contributed by atoms with Crippen LogP contribution in [0.25, 0.3) is 0 Å². The molecule has 0 aromatic carbocycles. The Hall–Kier alpha value is 0.330. The molecule has 0 aromatic rings. The Morgan fingerprint density at radius 3 is 2.82 bits per heavy atom. The van der Waals surface area contributed by atoms with Gasteiger partial charge in [0.15, 0.2) is 0 Å². The Kier molecular flexibility index (Phi) is 8.68. The standard InChI is InChI=1S/C7H12OS3/c1-3-6-11(8)7-4-5-10-9-2/h3-5H,1,6-7H2,2H3/b5-4-/t11-/m1/s1. The number of hydrogen-bond donors (Lipinski definition) is 0. The Bertz CT molecular complexity index is 154. The first-order chi connectivity index (χ1) is 5.31. The summed E-state index contributed by atoms with van der Waals surface area (Å²) in [7, 11) is 2.57. The summed E-state index contributed by atoms with van der Waals surface area (Å²) >= 11 is 0. The molecular weight excluding hydrogens is 196 g/mol. The van der Waals surface area contributed by atoms with Crippen LogP contribution in [0.3, 0.4) is 0 Å². The van der Waals surface area contributed by atoms with Crippen LogP contribution >= 0.6 is 21.6 Å². The van der Waals surface area contributed by atoms with Gasteiger partial charge in [-0.3, -0.25) is 4.21 Å². The van der Waals surface area contributed by atoms with Crippen LogP contribution in [0.2, 0.25) is 0 Å². The zero-order valence-electron chi connectivity index (χ0n) is 6.49. The van der Waals surface area contributed by atoms with E-state index in [2.05, 4.69) is 6.58 Å². The molecule has 1 atom stereocenters. The molecule has 0 saturated carbocycles. The van der Waals surface area contributed by atoms with E-state index >= 15 is 0 Å². The summed E-state index contributed by atoms with van der Waals surface area (Å²) in [6.45, 7) is 3.52. The van der Waals surface area contributed by atoms with Gasteiger partial charge in [-0.2, -0.15) is 0 Å². The maximum absolute atomic E-state index is 11.0. The molecule has 0 aliphatic heterocycles. The minimum atomic E-state index is -0.751. The second-order valence-electron chi connectivity index (χ2n) is 1.70. The van der Waals surface area contributed by atoms with Gasteiger partial charge < -0.3 is 0 Å². The fourth-order valence-electron chi connectivity index (χ4n) is 0.441. The van der Waals surface area contributed by atoms with Crippen molar-refractivity contribution in [1.82, 2.24) is 0 Å². The van der Waals surface area contributed by atoms with Crippen LogP contribution in [0.4, 0.5) is 0 Å². The number of hydrogen-bond acceptors (Lipinski definition) is 3. The van der Waals surface area contributed by atoms with Gasteiger partial charge in [-0.15, -0.1) is 6.58 Å². The minimum Gasteiger partial charge on any atom is -0.259 e. The van der Waals surface area contributed by atoms with Gasteiger partial charge in [-0.25, -0.2) is 0 Å². The molecule has 64 valence electrons. The van der Waals surface area contributed by atoms with Crippen molar-refractivity contribution in [2.75, 3.05) is 17.8 Å². The zero-order chi connectivity index (χ0) is 8.53. The fraction of sp³-hybridized carbons (Fsp3) is 0.429. The molecule has 0 unspecified atom stereocenters. The van der Waals surface area contributed by atoms with E-state index in [-0.39, 0.29) is 0 Å². The summed E-state index contributed by atoms with van der Waals surface area (Å²) in [4.78, 5) is 0. The first-order valence-electron chi connectivity index (χ1n) is 3.11. The van der Waals surface area contributed by atoms with Gasteiger partial charge in [0.05, 0.1) is 0 Å². The van der Waals surface area contributed by atoms with Gasteiger partial charge >= 0.3 is 0 Å². The van der Waals surface area contributed by atoms with E-state index in [0.29, 0.717) is 11.5 Å². The van der Waals surface area contributed by atoms with Crippen LogP contribution < -0.4 is 0 Å². The molecule has 0 rings (SSSR count). The Balaban J connectivity index is 3.36. The predicted molar refractivity (Wildman–Crippen MR) is 58.3 cm³/mol. The van der Waals surface area contributed by atoms with E-state index in [1.165, 1.54) is 0 Å². The van der Waals surface area contributed by atoms with E-state index in [1.54, 1.807) is 27.7 Å². The van der Waals surface area contributed by atoms with Crippen molar-refractivity contribution < 1.29 is 4.21 Å². The number of rotatable bonds is 6. The highest BCUT2D eigenvalue weighted by atomic mass is 33.1. The molecule has 0 aromatic heterocycles. The summed E-state index contributed by atoms with van der Waals surface area (Å²) in [5, 5.41) is 1.96. The van der Waals surface area contributed by atoms with E-state index in [1.807, 2.05) is 17.7 Å². The Morgan fingerprint density at radius 1 is 1.55 bits per heavy atom.